The van der Waals surface area contributed by atoms with Gasteiger partial charge >= 0.3 is 0 Å². The number of rotatable bonds is 9. The summed E-state index contributed by atoms with van der Waals surface area (Å²) in [6, 6.07) is 6.53. The number of nitrogen functional groups attached to an aromatic ring is 1. The number of amides is 1. The third-order valence-corrected chi connectivity index (χ3v) is 5.96. The van der Waals surface area contributed by atoms with Crippen molar-refractivity contribution in [3.8, 4) is 17.2 Å². The molecule has 2 heterocycles. The molecule has 1 unspecified atom stereocenters. The highest BCUT2D eigenvalue weighted by atomic mass is 35.5. The van der Waals surface area contributed by atoms with Crippen LogP contribution in [0.2, 0.25) is 5.02 Å². The first-order chi connectivity index (χ1) is 18.7. The summed E-state index contributed by atoms with van der Waals surface area (Å²) in [7, 11) is 0. The number of nitrogens with zero attached hydrogens (tertiary/aromatic N) is 2. The van der Waals surface area contributed by atoms with Crippen LogP contribution in [0.4, 0.5) is 20.3 Å². The molecule has 1 amide bonds. The second-order valence-electron chi connectivity index (χ2n) is 8.08. The Bertz CT molecular complexity index is 1550. The van der Waals surface area contributed by atoms with Crippen molar-refractivity contribution in [2.75, 3.05) is 17.7 Å². The SMILES string of the molecule is C=COC1CC(n2ccc(OCC)c(C(=O)Nc3ccc(Oc4ccnc(N)c4Cl)c(F)c3)c2=O)=CC=C1F. The van der Waals surface area contributed by atoms with Gasteiger partial charge in [0.15, 0.2) is 23.4 Å². The molecule has 9 nitrogen and oxygen atoms in total. The van der Waals surface area contributed by atoms with Crippen molar-refractivity contribution >= 4 is 34.7 Å². The summed E-state index contributed by atoms with van der Waals surface area (Å²) in [6.45, 7) is 5.30. The normalized spacial score (nSPS) is 14.6. The van der Waals surface area contributed by atoms with Crippen molar-refractivity contribution < 1.29 is 27.8 Å². The lowest BCUT2D eigenvalue weighted by Crippen LogP contribution is -2.31. The number of allylic oxidation sites excluding steroid dienone is 2. The van der Waals surface area contributed by atoms with Gasteiger partial charge in [0.2, 0.25) is 0 Å². The summed E-state index contributed by atoms with van der Waals surface area (Å²) in [6.07, 6.45) is 5.53. The van der Waals surface area contributed by atoms with Gasteiger partial charge in [0.1, 0.15) is 28.0 Å². The Morgan fingerprint density at radius 1 is 1.26 bits per heavy atom. The van der Waals surface area contributed by atoms with E-state index in [1.54, 1.807) is 6.92 Å². The fourth-order valence-corrected chi connectivity index (χ4v) is 3.92. The number of hydrogen-bond acceptors (Lipinski definition) is 7. The van der Waals surface area contributed by atoms with E-state index in [1.807, 2.05) is 0 Å². The van der Waals surface area contributed by atoms with Gasteiger partial charge in [-0.15, -0.1) is 0 Å². The molecule has 1 aliphatic carbocycles. The minimum absolute atomic E-state index is 0.0170. The first kappa shape index (κ1) is 27.4. The number of hydrogen-bond donors (Lipinski definition) is 2. The summed E-state index contributed by atoms with van der Waals surface area (Å²) in [5.41, 5.74) is 5.03. The molecule has 2 aromatic heterocycles. The molecule has 3 aromatic rings. The molecule has 39 heavy (non-hydrogen) atoms. The molecule has 1 atom stereocenters. The highest BCUT2D eigenvalue weighted by Gasteiger charge is 2.25. The van der Waals surface area contributed by atoms with Gasteiger partial charge < -0.3 is 25.3 Å². The van der Waals surface area contributed by atoms with Crippen LogP contribution in [0.25, 0.3) is 5.70 Å². The number of anilines is 2. The third-order valence-electron chi connectivity index (χ3n) is 5.58. The molecule has 0 aliphatic heterocycles. The van der Waals surface area contributed by atoms with Gasteiger partial charge in [-0.05, 0) is 37.3 Å². The number of pyridine rings is 2. The maximum absolute atomic E-state index is 14.8. The van der Waals surface area contributed by atoms with E-state index in [-0.39, 0.29) is 52.4 Å². The minimum atomic E-state index is -0.958. The maximum Gasteiger partial charge on any atom is 0.271 e. The number of nitrogens with two attached hydrogens (primary N) is 1. The van der Waals surface area contributed by atoms with Crippen LogP contribution in [0.5, 0.6) is 17.2 Å². The van der Waals surface area contributed by atoms with Crippen molar-refractivity contribution in [2.45, 2.75) is 19.4 Å². The van der Waals surface area contributed by atoms with Crippen LogP contribution in [-0.4, -0.2) is 28.2 Å². The average Bonchev–Trinajstić information content (AvgIpc) is 2.90. The number of carbonyl (C=O) groups is 1. The first-order valence-electron chi connectivity index (χ1n) is 11.6. The van der Waals surface area contributed by atoms with E-state index >= 15 is 0 Å². The fraction of sp³-hybridized carbons (Fsp3) is 0.148. The Labute approximate surface area is 226 Å². The number of carbonyl (C=O) groups excluding carboxylic acids is 1. The van der Waals surface area contributed by atoms with E-state index in [1.165, 1.54) is 53.4 Å². The van der Waals surface area contributed by atoms with Gasteiger partial charge in [-0.1, -0.05) is 18.2 Å². The van der Waals surface area contributed by atoms with Gasteiger partial charge in [-0.25, -0.2) is 13.8 Å². The third kappa shape index (κ3) is 5.93. The highest BCUT2D eigenvalue weighted by molar-refractivity contribution is 6.34. The smallest absolute Gasteiger partial charge is 0.271 e. The molecule has 0 radical (unpaired) electrons. The minimum Gasteiger partial charge on any atom is -0.493 e. The molecule has 202 valence electrons. The quantitative estimate of drug-likeness (QED) is 0.325. The van der Waals surface area contributed by atoms with Gasteiger partial charge in [-0.2, -0.15) is 0 Å². The van der Waals surface area contributed by atoms with Crippen molar-refractivity contribution in [2.24, 2.45) is 0 Å². The van der Waals surface area contributed by atoms with E-state index in [9.17, 15) is 18.4 Å². The molecule has 12 heteroatoms. The van der Waals surface area contributed by atoms with Crippen LogP contribution < -0.4 is 26.1 Å². The van der Waals surface area contributed by atoms with Crippen LogP contribution >= 0.6 is 11.6 Å². The molecule has 0 fully saturated rings. The molecule has 1 aliphatic rings. The topological polar surface area (TPSA) is 118 Å². The predicted octanol–water partition coefficient (Wildman–Crippen LogP) is 5.69. The molecule has 4 rings (SSSR count). The van der Waals surface area contributed by atoms with Crippen molar-refractivity contribution in [3.05, 3.63) is 100 Å². The van der Waals surface area contributed by atoms with Crippen molar-refractivity contribution in [3.63, 3.8) is 0 Å². The zero-order valence-corrected chi connectivity index (χ0v) is 21.4. The molecule has 0 saturated heterocycles. The van der Waals surface area contributed by atoms with Crippen LogP contribution in [0.3, 0.4) is 0 Å². The van der Waals surface area contributed by atoms with E-state index in [0.29, 0.717) is 5.70 Å². The molecular weight excluding hydrogens is 534 g/mol. The van der Waals surface area contributed by atoms with E-state index < -0.39 is 29.2 Å². The highest BCUT2D eigenvalue weighted by Crippen LogP contribution is 2.34. The lowest BCUT2D eigenvalue weighted by Gasteiger charge is -2.22. The number of ether oxygens (including phenoxy) is 3. The molecule has 0 saturated carbocycles. The molecule has 3 N–H and O–H groups in total. The van der Waals surface area contributed by atoms with E-state index in [0.717, 1.165) is 12.3 Å². The van der Waals surface area contributed by atoms with Gasteiger partial charge in [0.05, 0.1) is 12.9 Å². The molecule has 0 bridgehead atoms. The zero-order chi connectivity index (χ0) is 28.1. The van der Waals surface area contributed by atoms with E-state index in [2.05, 4.69) is 16.9 Å². The van der Waals surface area contributed by atoms with Crippen LogP contribution in [0.1, 0.15) is 23.7 Å². The van der Waals surface area contributed by atoms with Crippen LogP contribution in [0.15, 0.2) is 78.3 Å². The summed E-state index contributed by atoms with van der Waals surface area (Å²) < 4.78 is 46.3. The zero-order valence-electron chi connectivity index (χ0n) is 20.6. The lowest BCUT2D eigenvalue weighted by atomic mass is 10.1. The summed E-state index contributed by atoms with van der Waals surface area (Å²) >= 11 is 6.05. The van der Waals surface area contributed by atoms with Crippen LogP contribution in [-0.2, 0) is 4.74 Å². The van der Waals surface area contributed by atoms with Crippen LogP contribution in [0, 0.1) is 5.82 Å². The second kappa shape index (κ2) is 11.8. The van der Waals surface area contributed by atoms with Crippen molar-refractivity contribution in [1.82, 2.24) is 9.55 Å². The van der Waals surface area contributed by atoms with Crippen molar-refractivity contribution in [1.29, 1.82) is 0 Å². The Hall–Kier alpha value is -4.64. The Kier molecular flexibility index (Phi) is 8.30. The fourth-order valence-electron chi connectivity index (χ4n) is 3.77. The number of halogens is 3. The average molecular weight is 557 g/mol. The monoisotopic (exact) mass is 556 g/mol. The Balaban J connectivity index is 1.62. The number of aromatic nitrogens is 2. The summed E-state index contributed by atoms with van der Waals surface area (Å²) in [5.74, 6) is -2.22. The van der Waals surface area contributed by atoms with Gasteiger partial charge in [-0.3, -0.25) is 14.2 Å². The predicted molar refractivity (Wildman–Crippen MR) is 143 cm³/mol. The van der Waals surface area contributed by atoms with Gasteiger partial charge in [0.25, 0.3) is 11.5 Å². The molecular formula is C27H23ClF2N4O5. The van der Waals surface area contributed by atoms with E-state index in [4.69, 9.17) is 31.5 Å². The standard InChI is InChI=1S/C27H23ClF2N4O5/c1-3-37-20-10-12-34(16-6-7-17(29)22(14-16)38-4-2)27(36)23(20)26(35)33-15-5-8-19(18(30)13-15)39-21-9-11-32-25(31)24(21)28/h4-13,22H,2-3,14H2,1H3,(H2,31,32)(H,33,35). The summed E-state index contributed by atoms with van der Waals surface area (Å²) in [5, 5.41) is 2.52. The molecule has 1 aromatic carbocycles. The Morgan fingerprint density at radius 3 is 2.77 bits per heavy atom. The maximum atomic E-state index is 14.8. The lowest BCUT2D eigenvalue weighted by molar-refractivity contribution is 0.102. The second-order valence-corrected chi connectivity index (χ2v) is 8.46. The van der Waals surface area contributed by atoms with Gasteiger partial charge in [0, 0.05) is 42.3 Å². The first-order valence-corrected chi connectivity index (χ1v) is 12.0. The number of nitrogens with one attached hydrogen (secondary N) is 1. The molecule has 0 spiro atoms. The summed E-state index contributed by atoms with van der Waals surface area (Å²) in [4.78, 5) is 30.4. The number of benzene rings is 1. The Morgan fingerprint density at radius 2 is 2.05 bits per heavy atom. The largest absolute Gasteiger partial charge is 0.493 e.